The first-order valence-electron chi connectivity index (χ1n) is 7.20. The lowest BCUT2D eigenvalue weighted by molar-refractivity contribution is -0.143. The largest absolute Gasteiger partial charge is 0.481 e. The van der Waals surface area contributed by atoms with Gasteiger partial charge in [-0.05, 0) is 24.3 Å². The van der Waals surface area contributed by atoms with Crippen LogP contribution in [0, 0.1) is 5.92 Å². The number of carboxylic acids is 1. The van der Waals surface area contributed by atoms with Crippen LogP contribution < -0.4 is 5.32 Å². The van der Waals surface area contributed by atoms with E-state index in [9.17, 15) is 9.59 Å². The Bertz CT molecular complexity index is 499. The summed E-state index contributed by atoms with van der Waals surface area (Å²) >= 11 is 1.68. The van der Waals surface area contributed by atoms with E-state index in [1.54, 1.807) is 16.2 Å². The van der Waals surface area contributed by atoms with Crippen molar-refractivity contribution in [2.45, 2.75) is 32.1 Å². The van der Waals surface area contributed by atoms with Crippen molar-refractivity contribution in [1.29, 1.82) is 0 Å². The van der Waals surface area contributed by atoms with Crippen LogP contribution in [0.2, 0.25) is 0 Å². The van der Waals surface area contributed by atoms with Crippen LogP contribution in [0.3, 0.4) is 0 Å². The highest BCUT2D eigenvalue weighted by molar-refractivity contribution is 7.10. The van der Waals surface area contributed by atoms with Crippen LogP contribution >= 0.6 is 11.3 Å². The van der Waals surface area contributed by atoms with E-state index in [1.807, 2.05) is 11.4 Å². The van der Waals surface area contributed by atoms with Crippen molar-refractivity contribution in [2.24, 2.45) is 5.92 Å². The van der Waals surface area contributed by atoms with E-state index in [0.29, 0.717) is 26.1 Å². The first-order chi connectivity index (χ1) is 9.90. The molecule has 0 saturated carbocycles. The molecule has 0 aromatic carbocycles. The lowest BCUT2D eigenvalue weighted by atomic mass is 9.91. The highest BCUT2D eigenvalue weighted by Crippen LogP contribution is 2.26. The third kappa shape index (κ3) is 3.97. The van der Waals surface area contributed by atoms with Crippen LogP contribution in [0.1, 0.15) is 31.6 Å². The summed E-state index contributed by atoms with van der Waals surface area (Å²) < 4.78 is 0. The molecule has 2 amide bonds. The Morgan fingerprint density at radius 3 is 2.90 bits per heavy atom. The van der Waals surface area contributed by atoms with Gasteiger partial charge in [-0.25, -0.2) is 4.79 Å². The van der Waals surface area contributed by atoms with Crippen LogP contribution in [-0.4, -0.2) is 41.6 Å². The Labute approximate surface area is 129 Å². The number of thiophene rings is 1. The molecule has 2 heterocycles. The topological polar surface area (TPSA) is 69.6 Å². The quantitative estimate of drug-likeness (QED) is 0.898. The molecule has 1 aliphatic rings. The van der Waals surface area contributed by atoms with Gasteiger partial charge < -0.3 is 15.3 Å². The zero-order valence-electron chi connectivity index (χ0n) is 12.5. The Kier molecular flexibility index (Phi) is 4.88. The van der Waals surface area contributed by atoms with E-state index < -0.39 is 11.9 Å². The van der Waals surface area contributed by atoms with E-state index in [-0.39, 0.29) is 11.4 Å². The lowest BCUT2D eigenvalue weighted by Gasteiger charge is -2.32. The number of urea groups is 1. The predicted molar refractivity (Wildman–Crippen MR) is 82.7 cm³/mol. The van der Waals surface area contributed by atoms with Gasteiger partial charge in [0.05, 0.1) is 5.92 Å². The second kappa shape index (κ2) is 6.47. The van der Waals surface area contributed by atoms with E-state index in [0.717, 1.165) is 6.42 Å². The fourth-order valence-electron chi connectivity index (χ4n) is 2.52. The Morgan fingerprint density at radius 1 is 1.52 bits per heavy atom. The molecule has 5 nitrogen and oxygen atoms in total. The maximum absolute atomic E-state index is 12.2. The van der Waals surface area contributed by atoms with Crippen LogP contribution in [0.15, 0.2) is 17.5 Å². The molecule has 0 aliphatic carbocycles. The minimum Gasteiger partial charge on any atom is -0.481 e. The zero-order chi connectivity index (χ0) is 15.5. The van der Waals surface area contributed by atoms with Crippen LogP contribution in [0.4, 0.5) is 4.79 Å². The fraction of sp³-hybridized carbons (Fsp3) is 0.600. The predicted octanol–water partition coefficient (Wildman–Crippen LogP) is 2.53. The van der Waals surface area contributed by atoms with Crippen molar-refractivity contribution in [2.75, 3.05) is 19.6 Å². The van der Waals surface area contributed by atoms with Crippen LogP contribution in [0.25, 0.3) is 0 Å². The van der Waals surface area contributed by atoms with Gasteiger partial charge in [0.1, 0.15) is 0 Å². The van der Waals surface area contributed by atoms with Crippen molar-refractivity contribution in [3.05, 3.63) is 22.4 Å². The number of hydrogen-bond acceptors (Lipinski definition) is 3. The molecule has 6 heteroatoms. The van der Waals surface area contributed by atoms with Gasteiger partial charge >= 0.3 is 12.0 Å². The molecule has 0 spiro atoms. The van der Waals surface area contributed by atoms with Gasteiger partial charge in [0, 0.05) is 29.9 Å². The van der Waals surface area contributed by atoms with Gasteiger partial charge in [0.15, 0.2) is 0 Å². The molecule has 1 aromatic heterocycles. The second-order valence-electron chi connectivity index (χ2n) is 6.14. The number of piperidine rings is 1. The maximum Gasteiger partial charge on any atom is 0.317 e. The molecule has 21 heavy (non-hydrogen) atoms. The molecule has 1 unspecified atom stereocenters. The Balaban J connectivity index is 1.88. The first-order valence-corrected chi connectivity index (χ1v) is 8.08. The molecule has 0 bridgehead atoms. The number of aliphatic carboxylic acids is 1. The number of hydrogen-bond donors (Lipinski definition) is 2. The SMILES string of the molecule is CC(C)(CNC(=O)N1CCCC(C(=O)O)C1)c1cccs1. The second-order valence-corrected chi connectivity index (χ2v) is 7.09. The Hall–Kier alpha value is -1.56. The minimum absolute atomic E-state index is 0.119. The number of nitrogens with one attached hydrogen (secondary N) is 1. The lowest BCUT2D eigenvalue weighted by Crippen LogP contribution is -2.49. The summed E-state index contributed by atoms with van der Waals surface area (Å²) in [7, 11) is 0. The molecular formula is C15H22N2O3S. The molecule has 1 saturated heterocycles. The highest BCUT2D eigenvalue weighted by atomic mass is 32.1. The smallest absolute Gasteiger partial charge is 0.317 e. The summed E-state index contributed by atoms with van der Waals surface area (Å²) in [6.07, 6.45) is 1.40. The summed E-state index contributed by atoms with van der Waals surface area (Å²) in [6.45, 7) is 5.67. The molecule has 1 aliphatic heterocycles. The minimum atomic E-state index is -0.814. The molecule has 2 N–H and O–H groups in total. The molecule has 1 atom stereocenters. The number of carbonyl (C=O) groups is 2. The maximum atomic E-state index is 12.2. The van der Waals surface area contributed by atoms with E-state index in [2.05, 4.69) is 25.2 Å². The van der Waals surface area contributed by atoms with Gasteiger partial charge in [-0.15, -0.1) is 11.3 Å². The average molecular weight is 310 g/mol. The number of amides is 2. The first kappa shape index (κ1) is 15.8. The number of nitrogens with zero attached hydrogens (tertiary/aromatic N) is 1. The van der Waals surface area contributed by atoms with Crippen LogP contribution in [0.5, 0.6) is 0 Å². The van der Waals surface area contributed by atoms with E-state index in [4.69, 9.17) is 5.11 Å². The number of rotatable bonds is 4. The monoisotopic (exact) mass is 310 g/mol. The summed E-state index contributed by atoms with van der Waals surface area (Å²) in [5.41, 5.74) is -0.119. The summed E-state index contributed by atoms with van der Waals surface area (Å²) in [4.78, 5) is 26.1. The third-order valence-electron chi connectivity index (χ3n) is 3.93. The van der Waals surface area contributed by atoms with E-state index in [1.165, 1.54) is 4.88 Å². The van der Waals surface area contributed by atoms with Gasteiger partial charge in [0.2, 0.25) is 0 Å². The molecular weight excluding hydrogens is 288 g/mol. The molecule has 0 radical (unpaired) electrons. The summed E-state index contributed by atoms with van der Waals surface area (Å²) in [5.74, 6) is -1.25. The molecule has 1 fully saturated rings. The average Bonchev–Trinajstić information content (AvgIpc) is 3.00. The Morgan fingerprint density at radius 2 is 2.29 bits per heavy atom. The van der Waals surface area contributed by atoms with Gasteiger partial charge in [0.25, 0.3) is 0 Å². The molecule has 116 valence electrons. The fourth-order valence-corrected chi connectivity index (χ4v) is 3.37. The normalized spacial score (nSPS) is 19.3. The van der Waals surface area contributed by atoms with Gasteiger partial charge in [-0.2, -0.15) is 0 Å². The van der Waals surface area contributed by atoms with Gasteiger partial charge in [-0.1, -0.05) is 19.9 Å². The standard InChI is InChI=1S/C15H22N2O3S/c1-15(2,12-6-4-8-21-12)10-16-14(20)17-7-3-5-11(9-17)13(18)19/h4,6,8,11H,3,5,7,9-10H2,1-2H3,(H,16,20)(H,18,19). The number of carboxylic acid groups (broad SMARTS) is 1. The van der Waals surface area contributed by atoms with Crippen molar-refractivity contribution in [3.8, 4) is 0 Å². The summed E-state index contributed by atoms with van der Waals surface area (Å²) in [5, 5.41) is 14.0. The molecule has 1 aromatic rings. The summed E-state index contributed by atoms with van der Waals surface area (Å²) in [6, 6.07) is 3.91. The highest BCUT2D eigenvalue weighted by Gasteiger charge is 2.29. The van der Waals surface area contributed by atoms with E-state index >= 15 is 0 Å². The zero-order valence-corrected chi connectivity index (χ0v) is 13.3. The van der Waals surface area contributed by atoms with Crippen molar-refractivity contribution in [3.63, 3.8) is 0 Å². The van der Waals surface area contributed by atoms with Crippen molar-refractivity contribution < 1.29 is 14.7 Å². The van der Waals surface area contributed by atoms with Crippen LogP contribution in [-0.2, 0) is 10.2 Å². The van der Waals surface area contributed by atoms with Crippen molar-refractivity contribution >= 4 is 23.3 Å². The third-order valence-corrected chi connectivity index (χ3v) is 5.16. The number of likely N-dealkylation sites (tertiary alicyclic amines) is 1. The van der Waals surface area contributed by atoms with Gasteiger partial charge in [-0.3, -0.25) is 4.79 Å². The van der Waals surface area contributed by atoms with Crippen molar-refractivity contribution in [1.82, 2.24) is 10.2 Å². The number of carbonyl (C=O) groups excluding carboxylic acids is 1. The molecule has 2 rings (SSSR count).